The summed E-state index contributed by atoms with van der Waals surface area (Å²) in [4.78, 5) is 11.1. The highest BCUT2D eigenvalue weighted by Gasteiger charge is 2.14. The molecule has 0 spiro atoms. The van der Waals surface area contributed by atoms with Crippen LogP contribution < -0.4 is 0 Å². The molecule has 0 aromatic heterocycles. The van der Waals surface area contributed by atoms with Gasteiger partial charge in [0.25, 0.3) is 0 Å². The zero-order chi connectivity index (χ0) is 10.7. The normalized spacial score (nSPS) is 10.0. The number of halogens is 3. The Hall–Kier alpha value is -0.610. The summed E-state index contributed by atoms with van der Waals surface area (Å²) in [5.74, 6) is -1.15. The monoisotopic (exact) mass is 280 g/mol. The molecule has 0 saturated carbocycles. The standard InChI is InChI=1S/C9H7BrClFO2/c1-14-9(13)6-3-7(10)5(4-11)2-8(6)12/h2-3H,4H2,1H3. The average molecular weight is 282 g/mol. The van der Waals surface area contributed by atoms with Crippen molar-refractivity contribution in [3.63, 3.8) is 0 Å². The fourth-order valence-electron chi connectivity index (χ4n) is 0.957. The van der Waals surface area contributed by atoms with Crippen LogP contribution in [-0.2, 0) is 10.6 Å². The van der Waals surface area contributed by atoms with Gasteiger partial charge in [0.05, 0.1) is 12.7 Å². The molecule has 0 aliphatic heterocycles. The van der Waals surface area contributed by atoms with Gasteiger partial charge in [-0.2, -0.15) is 0 Å². The lowest BCUT2D eigenvalue weighted by atomic mass is 10.1. The molecule has 1 aromatic rings. The van der Waals surface area contributed by atoms with Crippen molar-refractivity contribution in [2.24, 2.45) is 0 Å². The Morgan fingerprint density at radius 3 is 2.79 bits per heavy atom. The topological polar surface area (TPSA) is 26.3 Å². The van der Waals surface area contributed by atoms with E-state index in [-0.39, 0.29) is 11.4 Å². The minimum absolute atomic E-state index is 0.103. The maximum atomic E-state index is 13.3. The molecule has 1 aromatic carbocycles. The van der Waals surface area contributed by atoms with Crippen LogP contribution in [0.5, 0.6) is 0 Å². The molecule has 2 nitrogen and oxygen atoms in total. The SMILES string of the molecule is COC(=O)c1cc(Br)c(CCl)cc1F. The zero-order valence-corrected chi connectivity index (χ0v) is 9.65. The summed E-state index contributed by atoms with van der Waals surface area (Å²) in [6.45, 7) is 0. The molecule has 0 N–H and O–H groups in total. The Balaban J connectivity index is 3.21. The number of ether oxygens (including phenoxy) is 1. The average Bonchev–Trinajstić information content (AvgIpc) is 2.19. The van der Waals surface area contributed by atoms with Crippen LogP contribution >= 0.6 is 27.5 Å². The molecule has 0 atom stereocenters. The highest BCUT2D eigenvalue weighted by Crippen LogP contribution is 2.23. The molecule has 14 heavy (non-hydrogen) atoms. The third kappa shape index (κ3) is 2.25. The number of hydrogen-bond acceptors (Lipinski definition) is 2. The van der Waals surface area contributed by atoms with Gasteiger partial charge in [0.15, 0.2) is 0 Å². The number of esters is 1. The first-order valence-corrected chi connectivity index (χ1v) is 5.05. The molecule has 0 bridgehead atoms. The lowest BCUT2D eigenvalue weighted by Crippen LogP contribution is -2.05. The highest BCUT2D eigenvalue weighted by molar-refractivity contribution is 9.10. The van der Waals surface area contributed by atoms with E-state index >= 15 is 0 Å². The second-order valence-electron chi connectivity index (χ2n) is 2.55. The van der Waals surface area contributed by atoms with Gasteiger partial charge in [-0.05, 0) is 17.7 Å². The summed E-state index contributed by atoms with van der Waals surface area (Å²) in [5, 5.41) is 0. The Morgan fingerprint density at radius 2 is 2.29 bits per heavy atom. The van der Waals surface area contributed by atoms with Gasteiger partial charge in [-0.25, -0.2) is 9.18 Å². The van der Waals surface area contributed by atoms with E-state index in [9.17, 15) is 9.18 Å². The maximum Gasteiger partial charge on any atom is 0.340 e. The number of carbonyl (C=O) groups is 1. The van der Waals surface area contributed by atoms with Crippen LogP contribution in [0, 0.1) is 5.82 Å². The fraction of sp³-hybridized carbons (Fsp3) is 0.222. The van der Waals surface area contributed by atoms with E-state index in [4.69, 9.17) is 11.6 Å². The van der Waals surface area contributed by atoms with Crippen LogP contribution in [0.15, 0.2) is 16.6 Å². The first kappa shape index (κ1) is 11.5. The largest absolute Gasteiger partial charge is 0.465 e. The molecule has 0 unspecified atom stereocenters. The molecule has 1 rings (SSSR count). The second kappa shape index (κ2) is 4.75. The first-order chi connectivity index (χ1) is 6.60. The third-order valence-electron chi connectivity index (χ3n) is 1.69. The first-order valence-electron chi connectivity index (χ1n) is 3.72. The van der Waals surface area contributed by atoms with Crippen LogP contribution in [-0.4, -0.2) is 13.1 Å². The van der Waals surface area contributed by atoms with Gasteiger partial charge in [-0.3, -0.25) is 0 Å². The molecule has 0 saturated heterocycles. The number of carbonyl (C=O) groups excluding carboxylic acids is 1. The highest BCUT2D eigenvalue weighted by atomic mass is 79.9. The van der Waals surface area contributed by atoms with E-state index < -0.39 is 11.8 Å². The van der Waals surface area contributed by atoms with E-state index in [2.05, 4.69) is 20.7 Å². The van der Waals surface area contributed by atoms with Crippen molar-refractivity contribution in [1.82, 2.24) is 0 Å². The molecule has 0 aliphatic rings. The lowest BCUT2D eigenvalue weighted by Gasteiger charge is -2.05. The van der Waals surface area contributed by atoms with Gasteiger partial charge in [-0.1, -0.05) is 15.9 Å². The lowest BCUT2D eigenvalue weighted by molar-refractivity contribution is 0.0595. The third-order valence-corrected chi connectivity index (χ3v) is 2.71. The number of hydrogen-bond donors (Lipinski definition) is 0. The van der Waals surface area contributed by atoms with E-state index in [0.717, 1.165) is 0 Å². The minimum Gasteiger partial charge on any atom is -0.465 e. The van der Waals surface area contributed by atoms with Gasteiger partial charge in [0.1, 0.15) is 5.82 Å². The molecular formula is C9H7BrClFO2. The van der Waals surface area contributed by atoms with Crippen molar-refractivity contribution in [3.05, 3.63) is 33.5 Å². The van der Waals surface area contributed by atoms with Crippen molar-refractivity contribution < 1.29 is 13.9 Å². The summed E-state index contributed by atoms with van der Waals surface area (Å²) in [6.07, 6.45) is 0. The van der Waals surface area contributed by atoms with Crippen LogP contribution in [0.25, 0.3) is 0 Å². The Kier molecular flexibility index (Phi) is 3.89. The van der Waals surface area contributed by atoms with Gasteiger partial charge in [0.2, 0.25) is 0 Å². The number of methoxy groups -OCH3 is 1. The van der Waals surface area contributed by atoms with Gasteiger partial charge >= 0.3 is 5.97 Å². The molecule has 0 aliphatic carbocycles. The van der Waals surface area contributed by atoms with Gasteiger partial charge in [-0.15, -0.1) is 11.6 Å². The van der Waals surface area contributed by atoms with E-state index in [1.54, 1.807) is 0 Å². The molecule has 0 radical (unpaired) electrons. The van der Waals surface area contributed by atoms with Gasteiger partial charge in [0, 0.05) is 10.4 Å². The Morgan fingerprint density at radius 1 is 1.64 bits per heavy atom. The second-order valence-corrected chi connectivity index (χ2v) is 3.67. The van der Waals surface area contributed by atoms with Crippen molar-refractivity contribution in [2.75, 3.05) is 7.11 Å². The Labute approximate surface area is 94.1 Å². The summed E-state index contributed by atoms with van der Waals surface area (Å²) in [7, 11) is 1.20. The van der Waals surface area contributed by atoms with Crippen molar-refractivity contribution in [1.29, 1.82) is 0 Å². The number of rotatable bonds is 2. The van der Waals surface area contributed by atoms with Crippen LogP contribution in [0.4, 0.5) is 4.39 Å². The van der Waals surface area contributed by atoms with Crippen LogP contribution in [0.2, 0.25) is 0 Å². The number of benzene rings is 1. The van der Waals surface area contributed by atoms with E-state index in [1.165, 1.54) is 19.2 Å². The van der Waals surface area contributed by atoms with Crippen molar-refractivity contribution >= 4 is 33.5 Å². The minimum atomic E-state index is -0.704. The molecule has 0 fully saturated rings. The van der Waals surface area contributed by atoms with Gasteiger partial charge < -0.3 is 4.74 Å². The van der Waals surface area contributed by atoms with Crippen molar-refractivity contribution in [3.8, 4) is 0 Å². The zero-order valence-electron chi connectivity index (χ0n) is 7.31. The molecule has 0 heterocycles. The molecule has 76 valence electrons. The quantitative estimate of drug-likeness (QED) is 0.615. The maximum absolute atomic E-state index is 13.3. The fourth-order valence-corrected chi connectivity index (χ4v) is 1.82. The van der Waals surface area contributed by atoms with E-state index in [0.29, 0.717) is 10.0 Å². The summed E-state index contributed by atoms with van der Waals surface area (Å²) in [6, 6.07) is 2.57. The van der Waals surface area contributed by atoms with E-state index in [1.807, 2.05) is 0 Å². The summed E-state index contributed by atoms with van der Waals surface area (Å²) >= 11 is 8.74. The van der Waals surface area contributed by atoms with Crippen LogP contribution in [0.3, 0.4) is 0 Å². The number of alkyl halides is 1. The molecular weight excluding hydrogens is 274 g/mol. The predicted octanol–water partition coefficient (Wildman–Crippen LogP) is 3.11. The molecule has 5 heteroatoms. The summed E-state index contributed by atoms with van der Waals surface area (Å²) < 4.78 is 18.3. The smallest absolute Gasteiger partial charge is 0.340 e. The summed E-state index contributed by atoms with van der Waals surface area (Å²) in [5.41, 5.74) is 0.491. The van der Waals surface area contributed by atoms with Crippen LogP contribution in [0.1, 0.15) is 15.9 Å². The van der Waals surface area contributed by atoms with Crippen molar-refractivity contribution in [2.45, 2.75) is 5.88 Å². The Bertz CT molecular complexity index is 368. The molecule has 0 amide bonds. The predicted molar refractivity (Wildman–Crippen MR) is 55.0 cm³/mol.